The second kappa shape index (κ2) is 8.14. The zero-order valence-electron chi connectivity index (χ0n) is 12.7. The number of sulfonamides is 1. The molecule has 2 N–H and O–H groups in total. The van der Waals surface area contributed by atoms with Gasteiger partial charge in [0.1, 0.15) is 0 Å². The minimum Gasteiger partial charge on any atom is -0.326 e. The highest BCUT2D eigenvalue weighted by atomic mass is 32.2. The van der Waals surface area contributed by atoms with E-state index in [1.54, 1.807) is 23.9 Å². The molecule has 0 fully saturated rings. The Bertz CT molecular complexity index is 745. The molecule has 2 aromatic rings. The largest absolute Gasteiger partial charge is 0.326 e. The van der Waals surface area contributed by atoms with Crippen LogP contribution in [0.1, 0.15) is 6.42 Å². The van der Waals surface area contributed by atoms with Crippen LogP contribution in [0.15, 0.2) is 64.4 Å². The normalized spacial score (nSPS) is 11.2. The number of rotatable bonds is 7. The molecule has 0 aliphatic rings. The van der Waals surface area contributed by atoms with Gasteiger partial charge in [0.2, 0.25) is 15.9 Å². The van der Waals surface area contributed by atoms with Crippen LogP contribution < -0.4 is 10.0 Å². The summed E-state index contributed by atoms with van der Waals surface area (Å²) in [5.41, 5.74) is 0.578. The molecule has 122 valence electrons. The topological polar surface area (TPSA) is 75.3 Å². The highest BCUT2D eigenvalue weighted by molar-refractivity contribution is 7.99. The Kier molecular flexibility index (Phi) is 6.20. The molecule has 2 rings (SSSR count). The van der Waals surface area contributed by atoms with Crippen LogP contribution in [0.25, 0.3) is 0 Å². The molecule has 0 bridgehead atoms. The summed E-state index contributed by atoms with van der Waals surface area (Å²) in [7, 11) is -2.10. The number of hydrogen-bond donors (Lipinski definition) is 2. The monoisotopic (exact) mass is 350 g/mol. The number of hydrogen-bond acceptors (Lipinski definition) is 4. The summed E-state index contributed by atoms with van der Waals surface area (Å²) in [5.74, 6) is 0.583. The molecule has 0 aromatic heterocycles. The Hall–Kier alpha value is -1.83. The lowest BCUT2D eigenvalue weighted by Crippen LogP contribution is -2.18. The molecule has 23 heavy (non-hydrogen) atoms. The second-order valence-corrected chi connectivity index (χ2v) is 7.75. The van der Waals surface area contributed by atoms with Crippen molar-refractivity contribution in [2.24, 2.45) is 0 Å². The molecule has 0 atom stereocenters. The van der Waals surface area contributed by atoms with Gasteiger partial charge in [-0.2, -0.15) is 0 Å². The number of benzene rings is 2. The number of carbonyl (C=O) groups is 1. The average Bonchev–Trinajstić information content (AvgIpc) is 2.56. The standard InChI is InChI=1S/C16H18N2O3S2/c1-17-23(20,21)15-9-7-13(8-10-15)18-16(19)11-12-22-14-5-3-2-4-6-14/h2-10,17H,11-12H2,1H3,(H,18,19). The van der Waals surface area contributed by atoms with Crippen molar-refractivity contribution in [3.05, 3.63) is 54.6 Å². The first-order valence-electron chi connectivity index (χ1n) is 7.02. The summed E-state index contributed by atoms with van der Waals surface area (Å²) in [5, 5.41) is 2.76. The van der Waals surface area contributed by atoms with Gasteiger partial charge in [-0.1, -0.05) is 18.2 Å². The molecule has 0 radical (unpaired) electrons. The summed E-state index contributed by atoms with van der Waals surface area (Å²) in [6.07, 6.45) is 0.385. The van der Waals surface area contributed by atoms with Crippen molar-refractivity contribution >= 4 is 33.4 Å². The van der Waals surface area contributed by atoms with E-state index in [0.29, 0.717) is 17.9 Å². The molecule has 1 amide bonds. The Balaban J connectivity index is 1.83. The SMILES string of the molecule is CNS(=O)(=O)c1ccc(NC(=O)CCSc2ccccc2)cc1. The third-order valence-electron chi connectivity index (χ3n) is 3.06. The molecule has 0 spiro atoms. The number of carbonyl (C=O) groups excluding carboxylic acids is 1. The van der Waals surface area contributed by atoms with Crippen molar-refractivity contribution < 1.29 is 13.2 Å². The highest BCUT2D eigenvalue weighted by Gasteiger charge is 2.11. The predicted octanol–water partition coefficient (Wildman–Crippen LogP) is 2.72. The lowest BCUT2D eigenvalue weighted by Gasteiger charge is -2.07. The summed E-state index contributed by atoms with van der Waals surface area (Å²) < 4.78 is 25.5. The van der Waals surface area contributed by atoms with Crippen LogP contribution in [0, 0.1) is 0 Å². The van der Waals surface area contributed by atoms with E-state index >= 15 is 0 Å². The van der Waals surface area contributed by atoms with Crippen LogP contribution in [0.4, 0.5) is 5.69 Å². The van der Waals surface area contributed by atoms with Gasteiger partial charge in [-0.25, -0.2) is 13.1 Å². The fourth-order valence-electron chi connectivity index (χ4n) is 1.84. The zero-order chi connectivity index (χ0) is 16.7. The summed E-state index contributed by atoms with van der Waals surface area (Å²) in [6.45, 7) is 0. The molecule has 0 saturated heterocycles. The van der Waals surface area contributed by atoms with Gasteiger partial charge in [-0.15, -0.1) is 11.8 Å². The van der Waals surface area contributed by atoms with Gasteiger partial charge in [0, 0.05) is 22.8 Å². The van der Waals surface area contributed by atoms with Gasteiger partial charge >= 0.3 is 0 Å². The Labute approximate surface area is 140 Å². The van der Waals surface area contributed by atoms with E-state index in [1.807, 2.05) is 30.3 Å². The van der Waals surface area contributed by atoms with E-state index in [2.05, 4.69) is 10.0 Å². The van der Waals surface area contributed by atoms with Gasteiger partial charge < -0.3 is 5.32 Å². The van der Waals surface area contributed by atoms with Gasteiger partial charge in [-0.3, -0.25) is 4.79 Å². The lowest BCUT2D eigenvalue weighted by atomic mass is 10.3. The maximum absolute atomic E-state index is 11.9. The second-order valence-electron chi connectivity index (χ2n) is 4.69. The number of thioether (sulfide) groups is 1. The lowest BCUT2D eigenvalue weighted by molar-refractivity contribution is -0.115. The van der Waals surface area contributed by atoms with Gasteiger partial charge in [-0.05, 0) is 43.4 Å². The summed E-state index contributed by atoms with van der Waals surface area (Å²) in [6, 6.07) is 16.0. The van der Waals surface area contributed by atoms with Crippen molar-refractivity contribution in [1.29, 1.82) is 0 Å². The summed E-state index contributed by atoms with van der Waals surface area (Å²) >= 11 is 1.62. The smallest absolute Gasteiger partial charge is 0.240 e. The average molecular weight is 350 g/mol. The van der Waals surface area contributed by atoms with Gasteiger partial charge in [0.05, 0.1) is 4.90 Å². The third kappa shape index (κ3) is 5.38. The Morgan fingerprint density at radius 2 is 1.70 bits per heavy atom. The van der Waals surface area contributed by atoms with Crippen LogP contribution in [0.3, 0.4) is 0 Å². The number of amides is 1. The van der Waals surface area contributed by atoms with Crippen LogP contribution in [-0.2, 0) is 14.8 Å². The molecular weight excluding hydrogens is 332 g/mol. The third-order valence-corrected chi connectivity index (χ3v) is 5.50. The van der Waals surface area contributed by atoms with Crippen LogP contribution in [0.2, 0.25) is 0 Å². The Morgan fingerprint density at radius 3 is 2.30 bits per heavy atom. The van der Waals surface area contributed by atoms with Crippen molar-refractivity contribution in [3.63, 3.8) is 0 Å². The maximum atomic E-state index is 11.9. The highest BCUT2D eigenvalue weighted by Crippen LogP contribution is 2.18. The van der Waals surface area contributed by atoms with Crippen molar-refractivity contribution in [3.8, 4) is 0 Å². The van der Waals surface area contributed by atoms with E-state index in [-0.39, 0.29) is 10.8 Å². The number of nitrogens with one attached hydrogen (secondary N) is 2. The van der Waals surface area contributed by atoms with Crippen molar-refractivity contribution in [1.82, 2.24) is 4.72 Å². The quantitative estimate of drug-likeness (QED) is 0.753. The van der Waals surface area contributed by atoms with Crippen LogP contribution in [0.5, 0.6) is 0 Å². The zero-order valence-corrected chi connectivity index (χ0v) is 14.3. The van der Waals surface area contributed by atoms with Gasteiger partial charge in [0.15, 0.2) is 0 Å². The number of anilines is 1. The van der Waals surface area contributed by atoms with E-state index < -0.39 is 10.0 Å². The first-order chi connectivity index (χ1) is 11.0. The van der Waals surface area contributed by atoms with Crippen LogP contribution in [-0.4, -0.2) is 27.1 Å². The predicted molar refractivity (Wildman–Crippen MR) is 93.1 cm³/mol. The van der Waals surface area contributed by atoms with Gasteiger partial charge in [0.25, 0.3) is 0 Å². The first-order valence-corrected chi connectivity index (χ1v) is 9.49. The first kappa shape index (κ1) is 17.5. The van der Waals surface area contributed by atoms with Crippen LogP contribution >= 0.6 is 11.8 Å². The molecule has 7 heteroatoms. The molecule has 0 unspecified atom stereocenters. The Morgan fingerprint density at radius 1 is 1.04 bits per heavy atom. The minimum absolute atomic E-state index is 0.0994. The minimum atomic E-state index is -3.45. The van der Waals surface area contributed by atoms with E-state index in [1.165, 1.54) is 19.2 Å². The molecule has 2 aromatic carbocycles. The fourth-order valence-corrected chi connectivity index (χ4v) is 3.44. The molecule has 0 heterocycles. The fraction of sp³-hybridized carbons (Fsp3) is 0.188. The van der Waals surface area contributed by atoms with E-state index in [9.17, 15) is 13.2 Å². The molecular formula is C16H18N2O3S2. The maximum Gasteiger partial charge on any atom is 0.240 e. The molecule has 0 aliphatic carbocycles. The summed E-state index contributed by atoms with van der Waals surface area (Å²) in [4.78, 5) is 13.2. The van der Waals surface area contributed by atoms with Crippen molar-refractivity contribution in [2.75, 3.05) is 18.1 Å². The molecule has 0 aliphatic heterocycles. The van der Waals surface area contributed by atoms with E-state index in [4.69, 9.17) is 0 Å². The van der Waals surface area contributed by atoms with Crippen molar-refractivity contribution in [2.45, 2.75) is 16.2 Å². The molecule has 5 nitrogen and oxygen atoms in total. The molecule has 0 saturated carbocycles. The van der Waals surface area contributed by atoms with E-state index in [0.717, 1.165) is 4.90 Å².